The highest BCUT2D eigenvalue weighted by Gasteiger charge is 2.10. The van der Waals surface area contributed by atoms with E-state index in [1.165, 1.54) is 6.26 Å². The van der Waals surface area contributed by atoms with Crippen LogP contribution in [0.2, 0.25) is 0 Å². The number of amides is 1. The van der Waals surface area contributed by atoms with Crippen molar-refractivity contribution in [1.29, 1.82) is 0 Å². The maximum atomic E-state index is 12.2. The molecule has 0 unspecified atom stereocenters. The molecule has 1 N–H and O–H groups in total. The first-order chi connectivity index (χ1) is 12.8. The maximum Gasteiger partial charge on any atom is 0.230 e. The van der Waals surface area contributed by atoms with Crippen molar-refractivity contribution in [2.75, 3.05) is 5.32 Å². The third kappa shape index (κ3) is 3.54. The fourth-order valence-corrected chi connectivity index (χ4v) is 2.60. The Morgan fingerprint density at radius 3 is 2.62 bits per heavy atom. The van der Waals surface area contributed by atoms with Crippen LogP contribution in [0, 0.1) is 0 Å². The second kappa shape index (κ2) is 7.06. The SMILES string of the molecule is O=C(Cc1coc(-c2ccccc2)n1)Nc1ccc(-n2ccnc2)cc1. The van der Waals surface area contributed by atoms with E-state index in [1.807, 2.05) is 65.4 Å². The maximum absolute atomic E-state index is 12.2. The molecule has 2 aromatic carbocycles. The van der Waals surface area contributed by atoms with E-state index in [4.69, 9.17) is 4.42 Å². The highest BCUT2D eigenvalue weighted by molar-refractivity contribution is 5.92. The second-order valence-electron chi connectivity index (χ2n) is 5.75. The van der Waals surface area contributed by atoms with Crippen LogP contribution < -0.4 is 5.32 Å². The molecule has 4 rings (SSSR count). The van der Waals surface area contributed by atoms with Gasteiger partial charge in [-0.2, -0.15) is 0 Å². The van der Waals surface area contributed by atoms with Crippen LogP contribution in [0.4, 0.5) is 5.69 Å². The molecule has 128 valence electrons. The van der Waals surface area contributed by atoms with Crippen molar-refractivity contribution >= 4 is 11.6 Å². The number of imidazole rings is 1. The highest BCUT2D eigenvalue weighted by Crippen LogP contribution is 2.18. The molecule has 2 heterocycles. The van der Waals surface area contributed by atoms with E-state index in [-0.39, 0.29) is 12.3 Å². The summed E-state index contributed by atoms with van der Waals surface area (Å²) in [5.41, 5.74) is 3.18. The number of carbonyl (C=O) groups excluding carboxylic acids is 1. The lowest BCUT2D eigenvalue weighted by molar-refractivity contribution is -0.115. The van der Waals surface area contributed by atoms with Gasteiger partial charge in [-0.05, 0) is 36.4 Å². The van der Waals surface area contributed by atoms with Crippen molar-refractivity contribution in [2.24, 2.45) is 0 Å². The number of rotatable bonds is 5. The number of nitrogens with zero attached hydrogens (tertiary/aromatic N) is 3. The number of oxazole rings is 1. The summed E-state index contributed by atoms with van der Waals surface area (Å²) >= 11 is 0. The Morgan fingerprint density at radius 2 is 1.88 bits per heavy atom. The summed E-state index contributed by atoms with van der Waals surface area (Å²) in [4.78, 5) is 20.6. The molecule has 0 saturated carbocycles. The summed E-state index contributed by atoms with van der Waals surface area (Å²) in [5, 5.41) is 2.87. The van der Waals surface area contributed by atoms with Gasteiger partial charge >= 0.3 is 0 Å². The molecule has 26 heavy (non-hydrogen) atoms. The van der Waals surface area contributed by atoms with Gasteiger partial charge in [0.25, 0.3) is 0 Å². The Morgan fingerprint density at radius 1 is 1.08 bits per heavy atom. The zero-order chi connectivity index (χ0) is 17.8. The molecule has 2 aromatic heterocycles. The predicted molar refractivity (Wildman–Crippen MR) is 97.8 cm³/mol. The van der Waals surface area contributed by atoms with E-state index >= 15 is 0 Å². The van der Waals surface area contributed by atoms with E-state index < -0.39 is 0 Å². The van der Waals surface area contributed by atoms with Gasteiger partial charge in [0.2, 0.25) is 11.8 Å². The molecular weight excluding hydrogens is 328 g/mol. The van der Waals surface area contributed by atoms with Crippen LogP contribution in [0.1, 0.15) is 5.69 Å². The first kappa shape index (κ1) is 15.8. The fraction of sp³-hybridized carbons (Fsp3) is 0.0500. The van der Waals surface area contributed by atoms with E-state index in [0.717, 1.165) is 16.9 Å². The zero-order valence-corrected chi connectivity index (χ0v) is 13.9. The van der Waals surface area contributed by atoms with Gasteiger partial charge in [-0.3, -0.25) is 4.79 Å². The highest BCUT2D eigenvalue weighted by atomic mass is 16.3. The molecule has 0 fully saturated rings. The van der Waals surface area contributed by atoms with Crippen LogP contribution in [-0.4, -0.2) is 20.4 Å². The van der Waals surface area contributed by atoms with Gasteiger partial charge in [-0.25, -0.2) is 9.97 Å². The largest absolute Gasteiger partial charge is 0.444 e. The number of hydrogen-bond donors (Lipinski definition) is 1. The van der Waals surface area contributed by atoms with Gasteiger partial charge < -0.3 is 14.3 Å². The Bertz CT molecular complexity index is 990. The van der Waals surface area contributed by atoms with E-state index in [1.54, 1.807) is 12.5 Å². The van der Waals surface area contributed by atoms with Gasteiger partial charge in [-0.15, -0.1) is 0 Å². The van der Waals surface area contributed by atoms with Crippen molar-refractivity contribution in [3.8, 4) is 17.1 Å². The molecule has 6 nitrogen and oxygen atoms in total. The summed E-state index contributed by atoms with van der Waals surface area (Å²) in [5.74, 6) is 0.367. The average Bonchev–Trinajstić information content (AvgIpc) is 3.35. The van der Waals surface area contributed by atoms with Crippen LogP contribution in [-0.2, 0) is 11.2 Å². The van der Waals surface area contributed by atoms with Crippen molar-refractivity contribution in [3.05, 3.63) is 85.3 Å². The Kier molecular flexibility index (Phi) is 4.30. The van der Waals surface area contributed by atoms with Crippen molar-refractivity contribution in [2.45, 2.75) is 6.42 Å². The van der Waals surface area contributed by atoms with Gasteiger partial charge in [0.1, 0.15) is 6.26 Å². The van der Waals surface area contributed by atoms with E-state index in [2.05, 4.69) is 15.3 Å². The van der Waals surface area contributed by atoms with Crippen LogP contribution >= 0.6 is 0 Å². The third-order valence-electron chi connectivity index (χ3n) is 3.87. The molecule has 0 bridgehead atoms. The number of hydrogen-bond acceptors (Lipinski definition) is 4. The number of anilines is 1. The number of aromatic nitrogens is 3. The van der Waals surface area contributed by atoms with Crippen LogP contribution in [0.25, 0.3) is 17.1 Å². The van der Waals surface area contributed by atoms with Crippen LogP contribution in [0.5, 0.6) is 0 Å². The minimum absolute atomic E-state index is 0.145. The smallest absolute Gasteiger partial charge is 0.230 e. The molecule has 0 saturated heterocycles. The molecular formula is C20H16N4O2. The van der Waals surface area contributed by atoms with E-state index in [9.17, 15) is 4.79 Å². The molecule has 1 amide bonds. The van der Waals surface area contributed by atoms with Gasteiger partial charge in [0.15, 0.2) is 0 Å². The molecule has 0 radical (unpaired) electrons. The summed E-state index contributed by atoms with van der Waals surface area (Å²) < 4.78 is 7.35. The standard InChI is InChI=1S/C20H16N4O2/c25-19(12-17-13-26-20(23-17)15-4-2-1-3-5-15)22-16-6-8-18(9-7-16)24-11-10-21-14-24/h1-11,13-14H,12H2,(H,22,25). The lowest BCUT2D eigenvalue weighted by Gasteiger charge is -2.06. The zero-order valence-electron chi connectivity index (χ0n) is 13.9. The van der Waals surface area contributed by atoms with Crippen molar-refractivity contribution < 1.29 is 9.21 Å². The molecule has 0 aliphatic carbocycles. The molecule has 4 aromatic rings. The van der Waals surface area contributed by atoms with Gasteiger partial charge in [-0.1, -0.05) is 18.2 Å². The van der Waals surface area contributed by atoms with Crippen LogP contribution in [0.15, 0.2) is 84.0 Å². The predicted octanol–water partition coefficient (Wildman–Crippen LogP) is 3.71. The summed E-state index contributed by atoms with van der Waals surface area (Å²) in [6, 6.07) is 17.1. The normalized spacial score (nSPS) is 10.6. The number of nitrogens with one attached hydrogen (secondary N) is 1. The number of carbonyl (C=O) groups is 1. The van der Waals surface area contributed by atoms with Crippen molar-refractivity contribution in [3.63, 3.8) is 0 Å². The number of benzene rings is 2. The average molecular weight is 344 g/mol. The summed E-state index contributed by atoms with van der Waals surface area (Å²) in [6.07, 6.45) is 6.98. The minimum Gasteiger partial charge on any atom is -0.444 e. The first-order valence-electron chi connectivity index (χ1n) is 8.16. The van der Waals surface area contributed by atoms with Crippen molar-refractivity contribution in [1.82, 2.24) is 14.5 Å². The lowest BCUT2D eigenvalue weighted by Crippen LogP contribution is -2.14. The minimum atomic E-state index is -0.145. The first-order valence-corrected chi connectivity index (χ1v) is 8.16. The Labute approximate surface area is 150 Å². The van der Waals surface area contributed by atoms with Gasteiger partial charge in [0.05, 0.1) is 18.4 Å². The summed E-state index contributed by atoms with van der Waals surface area (Å²) in [7, 11) is 0. The van der Waals surface area contributed by atoms with E-state index in [0.29, 0.717) is 11.6 Å². The molecule has 0 aliphatic rings. The Hall–Kier alpha value is -3.67. The molecule has 0 atom stereocenters. The molecule has 0 aliphatic heterocycles. The second-order valence-corrected chi connectivity index (χ2v) is 5.75. The van der Waals surface area contributed by atoms with Crippen LogP contribution in [0.3, 0.4) is 0 Å². The lowest BCUT2D eigenvalue weighted by atomic mass is 10.2. The molecule has 6 heteroatoms. The monoisotopic (exact) mass is 344 g/mol. The molecule has 0 spiro atoms. The third-order valence-corrected chi connectivity index (χ3v) is 3.87. The topological polar surface area (TPSA) is 73.0 Å². The van der Waals surface area contributed by atoms with Gasteiger partial charge in [0, 0.05) is 29.3 Å². The fourth-order valence-electron chi connectivity index (χ4n) is 2.60. The summed E-state index contributed by atoms with van der Waals surface area (Å²) in [6.45, 7) is 0. The Balaban J connectivity index is 1.39. The quantitative estimate of drug-likeness (QED) is 0.599.